The fraction of sp³-hybridized carbons (Fsp3) is 0.583. The minimum Gasteiger partial charge on any atom is -0.373 e. The smallest absolute Gasteiger partial charge is 0.291 e. The standard InChI is InChI=1S/C12H16BrN3O3/c1-8-9(16(17)18)6-14-11(10(8)13)15-7-12(2)4-3-5-19-12/h6H,3-5,7H2,1-2H3,(H,14,15). The van der Waals surface area contributed by atoms with Crippen molar-refractivity contribution in [3.63, 3.8) is 0 Å². The van der Waals surface area contributed by atoms with Crippen LogP contribution in [0.2, 0.25) is 0 Å². The third kappa shape index (κ3) is 3.03. The molecule has 0 bridgehead atoms. The molecule has 0 aromatic carbocycles. The van der Waals surface area contributed by atoms with E-state index in [-0.39, 0.29) is 11.3 Å². The number of ether oxygens (including phenoxy) is 1. The Hall–Kier alpha value is -1.21. The van der Waals surface area contributed by atoms with E-state index in [1.807, 2.05) is 0 Å². The summed E-state index contributed by atoms with van der Waals surface area (Å²) >= 11 is 3.36. The fourth-order valence-electron chi connectivity index (χ4n) is 2.12. The van der Waals surface area contributed by atoms with Gasteiger partial charge in [-0.2, -0.15) is 0 Å². The van der Waals surface area contributed by atoms with Gasteiger partial charge < -0.3 is 10.1 Å². The zero-order chi connectivity index (χ0) is 14.0. The summed E-state index contributed by atoms with van der Waals surface area (Å²) in [5.74, 6) is 0.611. The molecule has 0 amide bonds. The average molecular weight is 330 g/mol. The number of nitrogens with one attached hydrogen (secondary N) is 1. The summed E-state index contributed by atoms with van der Waals surface area (Å²) in [6.07, 6.45) is 3.34. The van der Waals surface area contributed by atoms with Gasteiger partial charge in [0.2, 0.25) is 0 Å². The number of aromatic nitrogens is 1. The molecule has 1 aliphatic rings. The highest BCUT2D eigenvalue weighted by atomic mass is 79.9. The molecule has 1 aromatic heterocycles. The van der Waals surface area contributed by atoms with Crippen molar-refractivity contribution in [1.82, 2.24) is 4.98 Å². The van der Waals surface area contributed by atoms with Crippen molar-refractivity contribution in [2.24, 2.45) is 0 Å². The first-order valence-electron chi connectivity index (χ1n) is 6.10. The highest BCUT2D eigenvalue weighted by Crippen LogP contribution is 2.32. The van der Waals surface area contributed by atoms with Gasteiger partial charge in [0, 0.05) is 18.7 Å². The summed E-state index contributed by atoms with van der Waals surface area (Å²) in [6, 6.07) is 0. The lowest BCUT2D eigenvalue weighted by atomic mass is 10.0. The molecule has 1 N–H and O–H groups in total. The molecule has 1 fully saturated rings. The predicted octanol–water partition coefficient (Wildman–Crippen LogP) is 3.04. The van der Waals surface area contributed by atoms with Crippen LogP contribution in [0.5, 0.6) is 0 Å². The van der Waals surface area contributed by atoms with Crippen molar-refractivity contribution in [2.75, 3.05) is 18.5 Å². The molecule has 1 saturated heterocycles. The first-order chi connectivity index (χ1) is 8.93. The van der Waals surface area contributed by atoms with Gasteiger partial charge in [-0.15, -0.1) is 0 Å². The Morgan fingerprint density at radius 3 is 3.00 bits per heavy atom. The Balaban J connectivity index is 2.13. The van der Waals surface area contributed by atoms with Crippen molar-refractivity contribution in [3.8, 4) is 0 Å². The Morgan fingerprint density at radius 1 is 1.68 bits per heavy atom. The molecule has 104 valence electrons. The highest BCUT2D eigenvalue weighted by molar-refractivity contribution is 9.10. The molecule has 6 nitrogen and oxygen atoms in total. The van der Waals surface area contributed by atoms with Crippen LogP contribution in [0.25, 0.3) is 0 Å². The lowest BCUT2D eigenvalue weighted by molar-refractivity contribution is -0.385. The van der Waals surface area contributed by atoms with Crippen molar-refractivity contribution >= 4 is 27.4 Å². The molecule has 2 rings (SSSR count). The minimum atomic E-state index is -0.432. The van der Waals surface area contributed by atoms with Crippen molar-refractivity contribution < 1.29 is 9.66 Å². The third-order valence-corrected chi connectivity index (χ3v) is 4.33. The van der Waals surface area contributed by atoms with Crippen molar-refractivity contribution in [1.29, 1.82) is 0 Å². The third-order valence-electron chi connectivity index (χ3n) is 3.36. The topological polar surface area (TPSA) is 77.3 Å². The zero-order valence-corrected chi connectivity index (χ0v) is 12.5. The first-order valence-corrected chi connectivity index (χ1v) is 6.89. The Kier molecular flexibility index (Phi) is 4.05. The number of anilines is 1. The van der Waals surface area contributed by atoms with E-state index >= 15 is 0 Å². The van der Waals surface area contributed by atoms with Gasteiger partial charge in [-0.1, -0.05) is 0 Å². The maximum atomic E-state index is 10.8. The van der Waals surface area contributed by atoms with E-state index in [9.17, 15) is 10.1 Å². The van der Waals surface area contributed by atoms with Gasteiger partial charge in [-0.25, -0.2) is 4.98 Å². The number of nitrogens with zero attached hydrogens (tertiary/aromatic N) is 2. The predicted molar refractivity (Wildman–Crippen MR) is 75.4 cm³/mol. The maximum Gasteiger partial charge on any atom is 0.291 e. The van der Waals surface area contributed by atoms with Crippen molar-refractivity contribution in [3.05, 3.63) is 26.3 Å². The Bertz CT molecular complexity index is 501. The van der Waals surface area contributed by atoms with Gasteiger partial charge in [0.05, 0.1) is 15.0 Å². The highest BCUT2D eigenvalue weighted by Gasteiger charge is 2.30. The van der Waals surface area contributed by atoms with Gasteiger partial charge in [-0.05, 0) is 42.6 Å². The molecule has 0 aliphatic carbocycles. The molecule has 19 heavy (non-hydrogen) atoms. The zero-order valence-electron chi connectivity index (χ0n) is 10.9. The summed E-state index contributed by atoms with van der Waals surface area (Å²) in [5, 5.41) is 14.0. The van der Waals surface area contributed by atoms with E-state index in [4.69, 9.17) is 4.74 Å². The molecule has 0 radical (unpaired) electrons. The molecule has 0 spiro atoms. The van der Waals surface area contributed by atoms with Crippen molar-refractivity contribution in [2.45, 2.75) is 32.3 Å². The number of rotatable bonds is 4. The minimum absolute atomic E-state index is 0.0146. The number of halogens is 1. The van der Waals surface area contributed by atoms with E-state index in [0.29, 0.717) is 22.4 Å². The van der Waals surface area contributed by atoms with E-state index in [1.165, 1.54) is 6.20 Å². The lowest BCUT2D eigenvalue weighted by Gasteiger charge is -2.24. The molecule has 7 heteroatoms. The van der Waals surface area contributed by atoms with E-state index < -0.39 is 4.92 Å². The summed E-state index contributed by atoms with van der Waals surface area (Å²) in [4.78, 5) is 14.5. The number of pyridine rings is 1. The summed E-state index contributed by atoms with van der Waals surface area (Å²) < 4.78 is 6.31. The lowest BCUT2D eigenvalue weighted by Crippen LogP contribution is -2.32. The van der Waals surface area contributed by atoms with Crippen LogP contribution in [0.4, 0.5) is 11.5 Å². The summed E-state index contributed by atoms with van der Waals surface area (Å²) in [7, 11) is 0. The maximum absolute atomic E-state index is 10.8. The molecule has 1 atom stereocenters. The van der Waals surface area contributed by atoms with Crippen LogP contribution in [-0.2, 0) is 4.74 Å². The van der Waals surface area contributed by atoms with Gasteiger partial charge in [0.15, 0.2) is 0 Å². The second kappa shape index (κ2) is 5.42. The summed E-state index contributed by atoms with van der Waals surface area (Å²) in [6.45, 7) is 5.17. The molecular formula is C12H16BrN3O3. The van der Waals surface area contributed by atoms with Gasteiger partial charge >= 0.3 is 0 Å². The fourth-order valence-corrected chi connectivity index (χ4v) is 2.57. The number of hydrogen-bond donors (Lipinski definition) is 1. The number of hydrogen-bond acceptors (Lipinski definition) is 5. The van der Waals surface area contributed by atoms with Crippen LogP contribution < -0.4 is 5.32 Å². The van der Waals surface area contributed by atoms with E-state index in [1.54, 1.807) is 6.92 Å². The van der Waals surface area contributed by atoms with Crippen LogP contribution >= 0.6 is 15.9 Å². The van der Waals surface area contributed by atoms with Gasteiger partial charge in [0.1, 0.15) is 12.0 Å². The average Bonchev–Trinajstić information content (AvgIpc) is 2.78. The monoisotopic (exact) mass is 329 g/mol. The van der Waals surface area contributed by atoms with Crippen LogP contribution in [-0.4, -0.2) is 28.7 Å². The molecule has 1 aromatic rings. The van der Waals surface area contributed by atoms with Crippen LogP contribution in [0.1, 0.15) is 25.3 Å². The normalized spacial score (nSPS) is 22.5. The van der Waals surface area contributed by atoms with Gasteiger partial charge in [-0.3, -0.25) is 10.1 Å². The second-order valence-corrected chi connectivity index (χ2v) is 5.74. The second-order valence-electron chi connectivity index (χ2n) is 4.94. The SMILES string of the molecule is Cc1c([N+](=O)[O-])cnc(NCC2(C)CCCO2)c1Br. The molecule has 1 unspecified atom stereocenters. The Morgan fingerprint density at radius 2 is 2.42 bits per heavy atom. The molecule has 2 heterocycles. The van der Waals surface area contributed by atoms with Crippen LogP contribution in [0, 0.1) is 17.0 Å². The van der Waals surface area contributed by atoms with Crippen LogP contribution in [0.15, 0.2) is 10.7 Å². The van der Waals surface area contributed by atoms with Crippen LogP contribution in [0.3, 0.4) is 0 Å². The van der Waals surface area contributed by atoms with Gasteiger partial charge in [0.25, 0.3) is 5.69 Å². The molecule has 0 saturated carbocycles. The van der Waals surface area contributed by atoms with E-state index in [0.717, 1.165) is 19.4 Å². The summed E-state index contributed by atoms with van der Waals surface area (Å²) in [5.41, 5.74) is 0.400. The largest absolute Gasteiger partial charge is 0.373 e. The van der Waals surface area contributed by atoms with E-state index in [2.05, 4.69) is 33.2 Å². The Labute approximate surface area is 119 Å². The molecule has 1 aliphatic heterocycles. The first kappa shape index (κ1) is 14.2. The quantitative estimate of drug-likeness (QED) is 0.678. The molecular weight excluding hydrogens is 314 g/mol. The number of nitro groups is 1.